The number of benzene rings is 2. The Morgan fingerprint density at radius 1 is 1.16 bits per heavy atom. The molecule has 0 spiro atoms. The second-order valence-electron chi connectivity index (χ2n) is 7.85. The predicted molar refractivity (Wildman–Crippen MR) is 145 cm³/mol. The van der Waals surface area contributed by atoms with E-state index >= 15 is 0 Å². The maximum atomic E-state index is 13.3. The summed E-state index contributed by atoms with van der Waals surface area (Å²) in [6.07, 6.45) is 0. The van der Waals surface area contributed by atoms with E-state index in [2.05, 4.69) is 14.1 Å². The van der Waals surface area contributed by atoms with Crippen molar-refractivity contribution >= 4 is 75.3 Å². The number of aliphatic hydroxyl groups excluding tert-OH is 1. The van der Waals surface area contributed by atoms with Gasteiger partial charge >= 0.3 is 0 Å². The number of anilines is 2. The molecule has 5 rings (SSSR count). The van der Waals surface area contributed by atoms with E-state index in [9.17, 15) is 26.7 Å². The van der Waals surface area contributed by atoms with Gasteiger partial charge in [-0.3, -0.25) is 14.4 Å². The normalized spacial score (nSPS) is 17.6. The van der Waals surface area contributed by atoms with E-state index in [4.69, 9.17) is 9.47 Å². The van der Waals surface area contributed by atoms with Crippen molar-refractivity contribution in [3.05, 3.63) is 47.1 Å². The number of sulfonamides is 2. The zero-order valence-corrected chi connectivity index (χ0v) is 23.1. The van der Waals surface area contributed by atoms with Crippen LogP contribution in [0.4, 0.5) is 10.8 Å². The molecule has 3 aromatic rings. The molecule has 0 aliphatic carbocycles. The molecule has 3 heterocycles. The topological polar surface area (TPSA) is 165 Å². The van der Waals surface area contributed by atoms with Crippen LogP contribution in [-0.4, -0.2) is 57.0 Å². The van der Waals surface area contributed by atoms with E-state index in [-0.39, 0.29) is 10.3 Å². The van der Waals surface area contributed by atoms with Gasteiger partial charge in [0.05, 0.1) is 29.1 Å². The summed E-state index contributed by atoms with van der Waals surface area (Å²) >= 11 is 1.96. The van der Waals surface area contributed by atoms with Crippen molar-refractivity contribution in [3.63, 3.8) is 0 Å². The van der Waals surface area contributed by atoms with Gasteiger partial charge in [0.2, 0.25) is 10.0 Å². The molecule has 0 bridgehead atoms. The molecule has 0 radical (unpaired) electrons. The summed E-state index contributed by atoms with van der Waals surface area (Å²) in [6, 6.07) is 9.91. The average molecular weight is 597 g/mol. The molecule has 38 heavy (non-hydrogen) atoms. The molecule has 1 amide bonds. The van der Waals surface area contributed by atoms with Gasteiger partial charge in [-0.05, 0) is 55.9 Å². The molecule has 16 heteroatoms. The van der Waals surface area contributed by atoms with Gasteiger partial charge in [-0.1, -0.05) is 17.4 Å². The fourth-order valence-corrected chi connectivity index (χ4v) is 8.53. The number of amides is 1. The Labute approximate surface area is 226 Å². The highest BCUT2D eigenvalue weighted by molar-refractivity contribution is 8.16. The summed E-state index contributed by atoms with van der Waals surface area (Å²) in [6.45, 7) is 4.43. The third-order valence-electron chi connectivity index (χ3n) is 5.24. The first-order valence-corrected chi connectivity index (χ1v) is 15.8. The second kappa shape index (κ2) is 9.76. The van der Waals surface area contributed by atoms with Gasteiger partial charge in [0, 0.05) is 4.90 Å². The maximum Gasteiger partial charge on any atom is 0.293 e. The Morgan fingerprint density at radius 3 is 2.66 bits per heavy atom. The van der Waals surface area contributed by atoms with Gasteiger partial charge < -0.3 is 14.6 Å². The molecule has 200 valence electrons. The summed E-state index contributed by atoms with van der Waals surface area (Å²) in [5.74, 6) is -2.41. The predicted octanol–water partition coefficient (Wildman–Crippen LogP) is 3.44. The summed E-state index contributed by atoms with van der Waals surface area (Å²) in [7, 11) is -9.07. The van der Waals surface area contributed by atoms with E-state index < -0.39 is 42.4 Å². The fourth-order valence-electron chi connectivity index (χ4n) is 3.80. The Bertz CT molecular complexity index is 1750. The molecule has 12 nitrogen and oxygen atoms in total. The zero-order valence-electron chi connectivity index (χ0n) is 19.9. The van der Waals surface area contributed by atoms with Crippen LogP contribution in [-0.2, 0) is 24.8 Å². The molecule has 1 aromatic heterocycles. The van der Waals surface area contributed by atoms with Crippen molar-refractivity contribution in [3.8, 4) is 11.5 Å². The van der Waals surface area contributed by atoms with Gasteiger partial charge in [0.25, 0.3) is 15.9 Å². The summed E-state index contributed by atoms with van der Waals surface area (Å²) in [5.41, 5.74) is 0.828. The number of fused-ring (bicyclic) bond motifs is 4. The van der Waals surface area contributed by atoms with Crippen LogP contribution in [0.2, 0.25) is 0 Å². The van der Waals surface area contributed by atoms with Crippen LogP contribution in [0.25, 0.3) is 10.2 Å². The van der Waals surface area contributed by atoms with Gasteiger partial charge in [-0.15, -0.1) is 4.40 Å². The van der Waals surface area contributed by atoms with Crippen molar-refractivity contribution in [1.82, 2.24) is 4.98 Å². The number of thioether (sulfide) groups is 1. The van der Waals surface area contributed by atoms with E-state index in [1.807, 2.05) is 13.8 Å². The highest BCUT2D eigenvalue weighted by Gasteiger charge is 2.45. The fraction of sp³-hybridized carbons (Fsp3) is 0.227. The minimum Gasteiger partial charge on any atom is -0.509 e. The molecule has 2 aromatic carbocycles. The molecule has 0 saturated carbocycles. The van der Waals surface area contributed by atoms with E-state index in [1.54, 1.807) is 36.4 Å². The van der Waals surface area contributed by atoms with E-state index in [0.29, 0.717) is 45.5 Å². The summed E-state index contributed by atoms with van der Waals surface area (Å²) in [4.78, 5) is 17.9. The lowest BCUT2D eigenvalue weighted by atomic mass is 10.2. The quantitative estimate of drug-likeness (QED) is 0.291. The minimum atomic E-state index is -4.69. The maximum absolute atomic E-state index is 13.3. The number of ether oxygens (including phenoxy) is 2. The SMILES string of the molecule is CCOc1ccc2c(c1)SC1=NS(=O)(=O)/C(=C(\O)CS(=O)(=O)Nc3nc4cccc(OCC)c4s3)C(=O)N12. The molecule has 0 atom stereocenters. The first-order valence-electron chi connectivity index (χ1n) is 11.1. The van der Waals surface area contributed by atoms with Crippen LogP contribution in [0.5, 0.6) is 11.5 Å². The van der Waals surface area contributed by atoms with E-state index in [0.717, 1.165) is 28.0 Å². The van der Waals surface area contributed by atoms with Crippen LogP contribution in [0.3, 0.4) is 0 Å². The highest BCUT2D eigenvalue weighted by Crippen LogP contribution is 2.45. The van der Waals surface area contributed by atoms with Crippen LogP contribution < -0.4 is 19.1 Å². The van der Waals surface area contributed by atoms with Crippen molar-refractivity contribution in [1.29, 1.82) is 0 Å². The molecular weight excluding hydrogens is 577 g/mol. The minimum absolute atomic E-state index is 0.0157. The van der Waals surface area contributed by atoms with Crippen LogP contribution in [0.1, 0.15) is 13.8 Å². The number of carbonyl (C=O) groups is 1. The number of hydrogen-bond donors (Lipinski definition) is 2. The summed E-state index contributed by atoms with van der Waals surface area (Å²) in [5, 5.41) is 10.5. The number of amidine groups is 1. The van der Waals surface area contributed by atoms with Crippen molar-refractivity contribution < 1.29 is 36.2 Å². The van der Waals surface area contributed by atoms with Gasteiger partial charge in [0.1, 0.15) is 23.0 Å². The molecule has 2 aliphatic heterocycles. The number of carbonyl (C=O) groups excluding carboxylic acids is 1. The third-order valence-corrected chi connectivity index (χ3v) is 9.99. The highest BCUT2D eigenvalue weighted by atomic mass is 32.2. The number of aliphatic hydroxyl groups is 1. The Balaban J connectivity index is 1.45. The smallest absolute Gasteiger partial charge is 0.293 e. The number of aromatic nitrogens is 1. The molecular formula is C22H20N4O8S4. The third kappa shape index (κ3) is 4.79. The summed E-state index contributed by atoms with van der Waals surface area (Å²) < 4.78 is 68.8. The molecule has 2 N–H and O–H groups in total. The van der Waals surface area contributed by atoms with Crippen LogP contribution in [0, 0.1) is 0 Å². The Morgan fingerprint density at radius 2 is 1.92 bits per heavy atom. The van der Waals surface area contributed by atoms with Gasteiger partial charge in [0.15, 0.2) is 15.2 Å². The Kier molecular flexibility index (Phi) is 6.75. The molecule has 0 fully saturated rings. The number of nitrogens with zero attached hydrogens (tertiary/aromatic N) is 3. The lowest BCUT2D eigenvalue weighted by Crippen LogP contribution is -2.41. The standard InChI is InChI=1S/C22H20N4O8S4/c1-3-33-12-8-9-14-17(10-12)35-22-25-38(31,32)19(20(28)26(14)22)15(27)11-37(29,30)24-21-23-13-6-5-7-16(34-4-2)18(13)36-21/h5-10,27H,3-4,11H2,1-2H3,(H,23,24)/b19-15-. The first kappa shape index (κ1) is 26.3. The van der Waals surface area contributed by atoms with Crippen molar-refractivity contribution in [2.45, 2.75) is 18.7 Å². The number of nitrogens with one attached hydrogen (secondary N) is 1. The lowest BCUT2D eigenvalue weighted by molar-refractivity contribution is -0.113. The number of hydrogen-bond acceptors (Lipinski definition) is 11. The second-order valence-corrected chi connectivity index (χ2v) is 13.1. The van der Waals surface area contributed by atoms with Crippen molar-refractivity contribution in [2.24, 2.45) is 4.40 Å². The van der Waals surface area contributed by atoms with Crippen molar-refractivity contribution in [2.75, 3.05) is 28.6 Å². The molecule has 2 aliphatic rings. The zero-order chi connectivity index (χ0) is 27.2. The Hall–Kier alpha value is -3.34. The first-order chi connectivity index (χ1) is 18.0. The average Bonchev–Trinajstić information content (AvgIpc) is 3.38. The number of rotatable bonds is 8. The number of thiazole rings is 1. The molecule has 0 unspecified atom stereocenters. The lowest BCUT2D eigenvalue weighted by Gasteiger charge is -2.23. The largest absolute Gasteiger partial charge is 0.509 e. The van der Waals surface area contributed by atoms with Crippen LogP contribution >= 0.6 is 23.1 Å². The molecule has 0 saturated heterocycles. The van der Waals surface area contributed by atoms with Gasteiger partial charge in [-0.25, -0.2) is 13.4 Å². The van der Waals surface area contributed by atoms with Crippen LogP contribution in [0.15, 0.2) is 56.4 Å². The monoisotopic (exact) mass is 596 g/mol. The van der Waals surface area contributed by atoms with Gasteiger partial charge in [-0.2, -0.15) is 8.42 Å². The van der Waals surface area contributed by atoms with E-state index in [1.165, 1.54) is 0 Å².